The predicted molar refractivity (Wildman–Crippen MR) is 486 cm³/mol. The molecule has 18 aromatic rings. The number of hydrogen-bond acceptors (Lipinski definition) is 6. The maximum absolute atomic E-state index is 8.01. The van der Waals surface area contributed by atoms with Gasteiger partial charge in [0, 0.05) is 69.0 Å². The predicted octanol–water partition coefficient (Wildman–Crippen LogP) is 24.4. The highest BCUT2D eigenvalue weighted by molar-refractivity contribution is 7.00. The Bertz CT molecular complexity index is 6500. The Morgan fingerprint density at radius 1 is 0.205 bits per heavy atom. The van der Waals surface area contributed by atoms with E-state index in [9.17, 15) is 0 Å². The average Bonchev–Trinajstić information content (AvgIpc) is 1.52. The van der Waals surface area contributed by atoms with Crippen molar-refractivity contribution in [2.45, 2.75) is 5.41 Å². The van der Waals surface area contributed by atoms with Gasteiger partial charge < -0.3 is 29.1 Å². The summed E-state index contributed by atoms with van der Waals surface area (Å²) in [5, 5.41) is 0. The number of nitrogens with zero attached hydrogens (tertiary/aromatic N) is 4. The summed E-state index contributed by atoms with van der Waals surface area (Å²) in [5.74, 6) is 3.26. The van der Waals surface area contributed by atoms with Crippen molar-refractivity contribution in [1.29, 1.82) is 0 Å². The van der Waals surface area contributed by atoms with Crippen LogP contribution in [0.2, 0.25) is 0 Å². The summed E-state index contributed by atoms with van der Waals surface area (Å²) in [6.07, 6.45) is 0. The minimum absolute atomic E-state index is 0.259. The maximum Gasteiger partial charge on any atom is 0.256 e. The number of ether oxygens (including phenoxy) is 2. The Balaban J connectivity index is 0.736. The molecule has 1 spiro atoms. The highest BCUT2D eigenvalue weighted by Crippen LogP contribution is 2.65. The number of benzene rings is 18. The summed E-state index contributed by atoms with van der Waals surface area (Å²) in [4.78, 5) is 9.72. The molecule has 117 heavy (non-hydrogen) atoms. The van der Waals surface area contributed by atoms with Gasteiger partial charge in [-0.3, -0.25) is 0 Å². The molecule has 0 fully saturated rings. The fourth-order valence-electron chi connectivity index (χ4n) is 20.1. The molecule has 2 aliphatic carbocycles. The summed E-state index contributed by atoms with van der Waals surface area (Å²) in [6, 6.07) is 156. The molecular formula is C109H70B2N4O2. The molecule has 6 aliphatic rings. The van der Waals surface area contributed by atoms with E-state index in [1.807, 2.05) is 0 Å². The van der Waals surface area contributed by atoms with Crippen molar-refractivity contribution in [1.82, 2.24) is 0 Å². The van der Waals surface area contributed by atoms with Crippen LogP contribution in [-0.2, 0) is 5.41 Å². The van der Waals surface area contributed by atoms with Gasteiger partial charge in [-0.15, -0.1) is 0 Å². The highest BCUT2D eigenvalue weighted by atomic mass is 16.5. The van der Waals surface area contributed by atoms with Gasteiger partial charge in [0.1, 0.15) is 23.0 Å². The lowest BCUT2D eigenvalue weighted by atomic mass is 9.33. The van der Waals surface area contributed by atoms with Crippen LogP contribution in [0.4, 0.5) is 68.2 Å². The van der Waals surface area contributed by atoms with E-state index in [0.29, 0.717) is 0 Å². The second-order valence-corrected chi connectivity index (χ2v) is 31.3. The van der Waals surface area contributed by atoms with Gasteiger partial charge in [-0.05, 0) is 231 Å². The number of rotatable bonds is 12. The molecule has 0 unspecified atom stereocenters. The summed E-state index contributed by atoms with van der Waals surface area (Å²) < 4.78 is 16.0. The summed E-state index contributed by atoms with van der Waals surface area (Å²) >= 11 is 0. The minimum atomic E-state index is -0.828. The molecule has 0 bridgehead atoms. The van der Waals surface area contributed by atoms with Gasteiger partial charge in [0.25, 0.3) is 13.4 Å². The Hall–Kier alpha value is -15.1. The minimum Gasteiger partial charge on any atom is -0.458 e. The van der Waals surface area contributed by atoms with Gasteiger partial charge in [0.2, 0.25) is 0 Å². The zero-order chi connectivity index (χ0) is 76.8. The fourth-order valence-corrected chi connectivity index (χ4v) is 20.1. The summed E-state index contributed by atoms with van der Waals surface area (Å²) in [6.45, 7) is -0.517. The van der Waals surface area contributed by atoms with Gasteiger partial charge in [-0.1, -0.05) is 303 Å². The van der Waals surface area contributed by atoms with Crippen molar-refractivity contribution in [3.8, 4) is 89.8 Å². The van der Waals surface area contributed by atoms with Crippen LogP contribution in [0.15, 0.2) is 425 Å². The Kier molecular flexibility index (Phi) is 15.1. The molecule has 6 nitrogen and oxygen atoms in total. The Morgan fingerprint density at radius 3 is 0.855 bits per heavy atom. The number of anilines is 12. The van der Waals surface area contributed by atoms with Crippen LogP contribution in [0.3, 0.4) is 0 Å². The molecule has 8 heteroatoms. The molecule has 0 aromatic heterocycles. The molecule has 0 atom stereocenters. The molecule has 544 valence electrons. The third-order valence-electron chi connectivity index (χ3n) is 25.1. The monoisotopic (exact) mass is 1490 g/mol. The molecule has 4 aliphatic heterocycles. The van der Waals surface area contributed by atoms with Crippen molar-refractivity contribution in [3.63, 3.8) is 0 Å². The van der Waals surface area contributed by atoms with Crippen LogP contribution in [0.25, 0.3) is 66.8 Å². The van der Waals surface area contributed by atoms with E-state index in [2.05, 4.69) is 444 Å². The number of hydrogen-bond donors (Lipinski definition) is 0. The van der Waals surface area contributed by atoms with Crippen molar-refractivity contribution in [2.75, 3.05) is 19.6 Å². The van der Waals surface area contributed by atoms with E-state index in [1.165, 1.54) is 66.6 Å². The van der Waals surface area contributed by atoms with Crippen molar-refractivity contribution >= 4 is 114 Å². The van der Waals surface area contributed by atoms with E-state index in [-0.39, 0.29) is 13.4 Å². The second-order valence-electron chi connectivity index (χ2n) is 31.3. The van der Waals surface area contributed by atoms with Crippen molar-refractivity contribution in [3.05, 3.63) is 447 Å². The largest absolute Gasteiger partial charge is 0.458 e. The van der Waals surface area contributed by atoms with E-state index in [0.717, 1.165) is 146 Å². The Morgan fingerprint density at radius 2 is 0.504 bits per heavy atom. The van der Waals surface area contributed by atoms with Crippen LogP contribution in [-0.4, -0.2) is 13.4 Å². The Labute approximate surface area is 681 Å². The standard InChI is InChI=1S/C109H70B2N4O2/c1-9-29-71(30-10-1)75-49-55-83(56-50-75)114-99-59-53-77(73-33-13-3-14-34-73)61-95(99)110-97-67-89-87-45-25-27-47-91(87)109(93(89)69-103(97)116-105-65-85(63-101(114)107(105)110)112(79-37-17-5-18-38-79)80-39-19-6-20-40-80)92-48-28-26-46-88(92)90-68-98-104(70-94(90)109)117-106-66-86(113(81-41-21-7-22-42-81)82-43-23-8-24-44-82)64-102-108(106)111(98)96-62-78(74-35-15-4-16-36-74)54-60-100(96)115(102)84-57-51-76(52-58-84)72-31-11-2-12-32-72/h1-70H. The lowest BCUT2D eigenvalue weighted by molar-refractivity contribution is 0.485. The third kappa shape index (κ3) is 10.3. The van der Waals surface area contributed by atoms with E-state index >= 15 is 0 Å². The summed E-state index contributed by atoms with van der Waals surface area (Å²) in [5.41, 5.74) is 37.4. The zero-order valence-corrected chi connectivity index (χ0v) is 63.7. The molecular weight excluding hydrogens is 1420 g/mol. The molecule has 4 heterocycles. The SMILES string of the molecule is c1ccc(-c2ccc(N3c4ccc(-c5ccccc5)cc4B4c5cc6c(cc5Oc5cc(N(c7ccccc7)c7ccccc7)cc3c54)C3(c4ccccc4-6)c4ccccc4-c4cc5c(cc43)Oc3cc(N(c4ccccc4)c4ccccc4)cc4c3B5c3cc(-c5ccccc5)ccc3N4c3ccc(-c4ccccc4)cc3)cc2)cc1. The van der Waals surface area contributed by atoms with Crippen molar-refractivity contribution in [2.24, 2.45) is 0 Å². The lowest BCUT2D eigenvalue weighted by Crippen LogP contribution is -2.59. The first kappa shape index (κ1) is 66.5. The molecule has 0 amide bonds. The molecule has 0 saturated carbocycles. The number of para-hydroxylation sites is 4. The zero-order valence-electron chi connectivity index (χ0n) is 63.7. The van der Waals surface area contributed by atoms with Gasteiger partial charge in [0.15, 0.2) is 0 Å². The topological polar surface area (TPSA) is 31.4 Å². The quantitative estimate of drug-likeness (QED) is 0.113. The normalized spacial score (nSPS) is 13.3. The van der Waals surface area contributed by atoms with Gasteiger partial charge in [0.05, 0.1) is 16.8 Å². The van der Waals surface area contributed by atoms with E-state index in [4.69, 9.17) is 9.47 Å². The average molecular weight is 1490 g/mol. The molecule has 0 N–H and O–H groups in total. The van der Waals surface area contributed by atoms with Crippen molar-refractivity contribution < 1.29 is 9.47 Å². The number of fused-ring (bicyclic) bond motifs is 18. The highest BCUT2D eigenvalue weighted by Gasteiger charge is 2.55. The molecule has 0 radical (unpaired) electrons. The van der Waals surface area contributed by atoms with Gasteiger partial charge in [-0.2, -0.15) is 0 Å². The second kappa shape index (κ2) is 26.5. The first-order valence-electron chi connectivity index (χ1n) is 40.4. The van der Waals surface area contributed by atoms with Crippen LogP contribution in [0, 0.1) is 0 Å². The van der Waals surface area contributed by atoms with Gasteiger partial charge in [-0.25, -0.2) is 0 Å². The molecule has 18 aromatic carbocycles. The molecule has 0 saturated heterocycles. The van der Waals surface area contributed by atoms with Crippen LogP contribution < -0.4 is 61.9 Å². The lowest BCUT2D eigenvalue weighted by Gasteiger charge is -2.42. The van der Waals surface area contributed by atoms with Crippen LogP contribution in [0.5, 0.6) is 23.0 Å². The smallest absolute Gasteiger partial charge is 0.256 e. The van der Waals surface area contributed by atoms with E-state index < -0.39 is 5.41 Å². The van der Waals surface area contributed by atoms with Crippen LogP contribution in [0.1, 0.15) is 22.3 Å². The maximum atomic E-state index is 8.01. The van der Waals surface area contributed by atoms with E-state index in [1.54, 1.807) is 0 Å². The van der Waals surface area contributed by atoms with Gasteiger partial charge >= 0.3 is 0 Å². The third-order valence-corrected chi connectivity index (χ3v) is 25.1. The summed E-state index contributed by atoms with van der Waals surface area (Å²) in [7, 11) is 0. The first-order chi connectivity index (χ1) is 58.0. The molecule has 24 rings (SSSR count). The fraction of sp³-hybridized carbons (Fsp3) is 0.00917. The van der Waals surface area contributed by atoms with Crippen LogP contribution >= 0.6 is 0 Å². The first-order valence-corrected chi connectivity index (χ1v) is 40.4.